The van der Waals surface area contributed by atoms with E-state index >= 15 is 0 Å². The molecule has 0 heterocycles. The summed E-state index contributed by atoms with van der Waals surface area (Å²) in [6.45, 7) is -0.513. The number of hydrogen-bond acceptors (Lipinski definition) is 7. The van der Waals surface area contributed by atoms with Crippen molar-refractivity contribution >= 4 is 35.7 Å². The van der Waals surface area contributed by atoms with E-state index in [4.69, 9.17) is 14.0 Å². The van der Waals surface area contributed by atoms with Crippen molar-refractivity contribution in [3.8, 4) is 5.75 Å². The van der Waals surface area contributed by atoms with Crippen LogP contribution in [0, 0.1) is 35.0 Å². The molecule has 0 aliphatic heterocycles. The highest BCUT2D eigenvalue weighted by Gasteiger charge is 2.73. The smallest absolute Gasteiger partial charge is 0.341 e. The fourth-order valence-electron chi connectivity index (χ4n) is 6.67. The molecule has 7 rings (SSSR count). The van der Waals surface area contributed by atoms with Crippen LogP contribution in [0.5, 0.6) is 5.75 Å². The Balaban J connectivity index is 1.38. The summed E-state index contributed by atoms with van der Waals surface area (Å²) in [4.78, 5) is 38.8. The quantitative estimate of drug-likeness (QED) is 0.277. The summed E-state index contributed by atoms with van der Waals surface area (Å²) < 4.78 is 41.4. The standard InChI is InChI=1S/C22H25BO8S/c23-10-11-1-2-14(20(25)30-3-4-32(27,28)29)17(5-11)31-21(26)22-8-12-6-13(9-22)19(24)18-15(12)7-16(18)22/h1-2,5,12-13,15-16,18H,3-4,6-10,23H2,(H,27,28,29). The number of ether oxygens (including phenoxy) is 2. The predicted molar refractivity (Wildman–Crippen MR) is 114 cm³/mol. The average Bonchev–Trinajstić information content (AvgIpc) is 2.70. The van der Waals surface area contributed by atoms with Crippen molar-refractivity contribution in [1.29, 1.82) is 0 Å². The molecule has 6 aliphatic carbocycles. The van der Waals surface area contributed by atoms with Gasteiger partial charge in [-0.05, 0) is 55.6 Å². The van der Waals surface area contributed by atoms with Crippen LogP contribution < -0.4 is 4.74 Å². The van der Waals surface area contributed by atoms with Crippen molar-refractivity contribution in [1.82, 2.24) is 0 Å². The van der Waals surface area contributed by atoms with E-state index in [1.807, 2.05) is 7.85 Å². The third kappa shape index (κ3) is 3.30. The van der Waals surface area contributed by atoms with Crippen LogP contribution in [0.1, 0.15) is 41.6 Å². The van der Waals surface area contributed by atoms with Gasteiger partial charge < -0.3 is 9.47 Å². The maximum Gasteiger partial charge on any atom is 0.341 e. The van der Waals surface area contributed by atoms with Gasteiger partial charge in [-0.25, -0.2) is 4.79 Å². The van der Waals surface area contributed by atoms with Crippen LogP contribution >= 0.6 is 0 Å². The molecule has 1 aromatic carbocycles. The third-order valence-electron chi connectivity index (χ3n) is 8.15. The molecule has 170 valence electrons. The fraction of sp³-hybridized carbons (Fsp3) is 0.591. The van der Waals surface area contributed by atoms with E-state index in [1.165, 1.54) is 6.07 Å². The molecule has 6 atom stereocenters. The number of esters is 2. The van der Waals surface area contributed by atoms with Crippen LogP contribution in [0.15, 0.2) is 18.2 Å². The normalized spacial score (nSPS) is 34.2. The minimum absolute atomic E-state index is 0.0133. The summed E-state index contributed by atoms with van der Waals surface area (Å²) in [5.74, 6) is -0.762. The number of benzene rings is 1. The van der Waals surface area contributed by atoms with Crippen LogP contribution in [0.25, 0.3) is 0 Å². The molecule has 6 bridgehead atoms. The molecule has 0 spiro atoms. The summed E-state index contributed by atoms with van der Waals surface area (Å²) in [5.41, 5.74) is 0.222. The van der Waals surface area contributed by atoms with Crippen molar-refractivity contribution in [3.63, 3.8) is 0 Å². The molecule has 1 aromatic rings. The van der Waals surface area contributed by atoms with Gasteiger partial charge >= 0.3 is 11.9 Å². The van der Waals surface area contributed by atoms with Crippen LogP contribution in [0.3, 0.4) is 0 Å². The first-order valence-corrected chi connectivity index (χ1v) is 12.7. The third-order valence-corrected chi connectivity index (χ3v) is 8.83. The monoisotopic (exact) mass is 460 g/mol. The zero-order chi connectivity index (χ0) is 22.8. The highest BCUT2D eigenvalue weighted by molar-refractivity contribution is 7.85. The number of hydrogen-bond donors (Lipinski definition) is 1. The molecule has 6 fully saturated rings. The van der Waals surface area contributed by atoms with Gasteiger partial charge in [-0.15, -0.1) is 0 Å². The molecule has 0 aromatic heterocycles. The lowest BCUT2D eigenvalue weighted by Crippen LogP contribution is -2.70. The Bertz CT molecular complexity index is 1110. The van der Waals surface area contributed by atoms with E-state index < -0.39 is 33.9 Å². The van der Waals surface area contributed by atoms with E-state index in [2.05, 4.69) is 0 Å². The number of ketones is 1. The molecule has 0 saturated heterocycles. The second-order valence-electron chi connectivity index (χ2n) is 9.69. The Morgan fingerprint density at radius 2 is 2.00 bits per heavy atom. The average molecular weight is 460 g/mol. The molecule has 0 amide bonds. The van der Waals surface area contributed by atoms with E-state index in [0.29, 0.717) is 30.4 Å². The number of carbonyl (C=O) groups is 3. The van der Waals surface area contributed by atoms with Gasteiger partial charge in [0.05, 0.1) is 5.41 Å². The summed E-state index contributed by atoms with van der Waals surface area (Å²) in [7, 11) is -2.33. The summed E-state index contributed by atoms with van der Waals surface area (Å²) in [6.07, 6.45) is 3.69. The molecule has 0 radical (unpaired) electrons. The van der Waals surface area contributed by atoms with E-state index in [0.717, 1.165) is 24.8 Å². The number of carbonyl (C=O) groups excluding carboxylic acids is 3. The first-order chi connectivity index (χ1) is 15.1. The van der Waals surface area contributed by atoms with Gasteiger partial charge in [0.1, 0.15) is 37.3 Å². The molecule has 6 unspecified atom stereocenters. The first-order valence-electron chi connectivity index (χ1n) is 11.1. The van der Waals surface area contributed by atoms with Gasteiger partial charge in [-0.3, -0.25) is 14.1 Å². The summed E-state index contributed by atoms with van der Waals surface area (Å²) >= 11 is 0. The minimum Gasteiger partial charge on any atom is -0.461 e. The van der Waals surface area contributed by atoms with Gasteiger partial charge in [-0.2, -0.15) is 8.42 Å². The topological polar surface area (TPSA) is 124 Å². The Kier molecular flexibility index (Phi) is 5.01. The fourth-order valence-corrected chi connectivity index (χ4v) is 6.96. The zero-order valence-electron chi connectivity index (χ0n) is 17.8. The highest BCUT2D eigenvalue weighted by Crippen LogP contribution is 2.72. The summed E-state index contributed by atoms with van der Waals surface area (Å²) in [6, 6.07) is 4.85. The second kappa shape index (κ2) is 7.41. The van der Waals surface area contributed by atoms with Crippen molar-refractivity contribution in [2.75, 3.05) is 12.4 Å². The van der Waals surface area contributed by atoms with Gasteiger partial charge in [0.25, 0.3) is 10.1 Å². The van der Waals surface area contributed by atoms with Crippen molar-refractivity contribution in [2.24, 2.45) is 35.0 Å². The zero-order valence-corrected chi connectivity index (χ0v) is 18.6. The Morgan fingerprint density at radius 1 is 1.22 bits per heavy atom. The maximum atomic E-state index is 13.5. The van der Waals surface area contributed by atoms with E-state index in [9.17, 15) is 22.8 Å². The Labute approximate surface area is 187 Å². The van der Waals surface area contributed by atoms with Gasteiger partial charge in [0.15, 0.2) is 0 Å². The highest BCUT2D eigenvalue weighted by atomic mass is 32.2. The SMILES string of the molecule is BCc1ccc(C(=O)OCCS(=O)(=O)O)c(OC(=O)C23CC4CC(C2)C2CC3C2C4=O)c1. The minimum atomic E-state index is -4.26. The van der Waals surface area contributed by atoms with Crippen LogP contribution in [-0.2, 0) is 30.8 Å². The van der Waals surface area contributed by atoms with Crippen LogP contribution in [-0.4, -0.2) is 50.9 Å². The van der Waals surface area contributed by atoms with Crippen molar-refractivity contribution in [2.45, 2.75) is 32.0 Å². The van der Waals surface area contributed by atoms with E-state index in [-0.39, 0.29) is 35.0 Å². The molecule has 6 saturated carbocycles. The summed E-state index contributed by atoms with van der Waals surface area (Å²) in [5, 5.41) is 0. The predicted octanol–water partition coefficient (Wildman–Crippen LogP) is 1.02. The number of Topliss-reactive ketones (excluding diaryl/α,β-unsaturated/α-hetero) is 1. The van der Waals surface area contributed by atoms with Crippen molar-refractivity contribution in [3.05, 3.63) is 29.3 Å². The van der Waals surface area contributed by atoms with Crippen LogP contribution in [0.2, 0.25) is 0 Å². The number of rotatable bonds is 7. The second-order valence-corrected chi connectivity index (χ2v) is 11.3. The molecule has 8 nitrogen and oxygen atoms in total. The molecule has 6 aliphatic rings. The lowest BCUT2D eigenvalue weighted by atomic mass is 9.33. The Hall–Kier alpha value is -2.20. The molecular weight excluding hydrogens is 435 g/mol. The lowest BCUT2D eigenvalue weighted by molar-refractivity contribution is -0.221. The van der Waals surface area contributed by atoms with Crippen LogP contribution in [0.4, 0.5) is 0 Å². The molecule has 10 heteroatoms. The molecular formula is C22H25BO8S. The van der Waals surface area contributed by atoms with Crippen molar-refractivity contribution < 1.29 is 36.8 Å². The van der Waals surface area contributed by atoms with E-state index in [1.54, 1.807) is 12.1 Å². The van der Waals surface area contributed by atoms with Gasteiger partial charge in [-0.1, -0.05) is 17.9 Å². The first kappa shape index (κ1) is 21.6. The Morgan fingerprint density at radius 3 is 2.72 bits per heavy atom. The lowest BCUT2D eigenvalue weighted by Gasteiger charge is -2.69. The molecule has 1 N–H and O–H groups in total. The van der Waals surface area contributed by atoms with Gasteiger partial charge in [0.2, 0.25) is 0 Å². The van der Waals surface area contributed by atoms with Gasteiger partial charge in [0, 0.05) is 11.8 Å². The largest absolute Gasteiger partial charge is 0.461 e. The molecule has 32 heavy (non-hydrogen) atoms. The maximum absolute atomic E-state index is 13.5.